The molecule has 0 aliphatic heterocycles. The molecule has 0 heterocycles. The molecule has 0 radical (unpaired) electrons. The van der Waals surface area contributed by atoms with Gasteiger partial charge < -0.3 is 15.2 Å². The van der Waals surface area contributed by atoms with Gasteiger partial charge in [-0.15, -0.1) is 0 Å². The van der Waals surface area contributed by atoms with Gasteiger partial charge in [-0.2, -0.15) is 0 Å². The summed E-state index contributed by atoms with van der Waals surface area (Å²) >= 11 is 0. The lowest BCUT2D eigenvalue weighted by atomic mass is 9.87. The van der Waals surface area contributed by atoms with E-state index in [0.29, 0.717) is 11.5 Å². The van der Waals surface area contributed by atoms with Gasteiger partial charge in [-0.1, -0.05) is 44.2 Å². The molecule has 1 fully saturated rings. The fourth-order valence-electron chi connectivity index (χ4n) is 3.03. The van der Waals surface area contributed by atoms with Crippen molar-refractivity contribution in [2.75, 3.05) is 7.11 Å². The minimum absolute atomic E-state index is 0.202. The van der Waals surface area contributed by atoms with Crippen molar-refractivity contribution in [3.63, 3.8) is 0 Å². The summed E-state index contributed by atoms with van der Waals surface area (Å²) in [6.45, 7) is 0. The molecule has 0 spiro atoms. The van der Waals surface area contributed by atoms with Gasteiger partial charge in [0.1, 0.15) is 0 Å². The second kappa shape index (κ2) is 7.91. The van der Waals surface area contributed by atoms with Gasteiger partial charge in [-0.3, -0.25) is 4.79 Å². The molecular formula is C17H25NO3. The Balaban J connectivity index is 2.12. The lowest BCUT2D eigenvalue weighted by molar-refractivity contribution is -0.127. The highest BCUT2D eigenvalue weighted by atomic mass is 16.5. The van der Waals surface area contributed by atoms with Crippen LogP contribution in [0.4, 0.5) is 0 Å². The first-order chi connectivity index (χ1) is 10.2. The van der Waals surface area contributed by atoms with E-state index in [1.54, 1.807) is 7.11 Å². The first kappa shape index (κ1) is 15.7. The Labute approximate surface area is 126 Å². The molecule has 1 atom stereocenters. The van der Waals surface area contributed by atoms with Crippen molar-refractivity contribution in [2.45, 2.75) is 51.0 Å². The number of benzene rings is 1. The van der Waals surface area contributed by atoms with Crippen LogP contribution < -0.4 is 15.2 Å². The van der Waals surface area contributed by atoms with Crippen LogP contribution in [0.1, 0.15) is 44.9 Å². The van der Waals surface area contributed by atoms with E-state index in [1.807, 2.05) is 24.3 Å². The van der Waals surface area contributed by atoms with Crippen molar-refractivity contribution in [1.82, 2.24) is 0 Å². The quantitative estimate of drug-likeness (QED) is 0.905. The molecule has 1 aliphatic rings. The molecule has 2 N–H and O–H groups in total. The third-order valence-corrected chi connectivity index (χ3v) is 4.18. The third kappa shape index (κ3) is 4.38. The zero-order valence-electron chi connectivity index (χ0n) is 12.7. The van der Waals surface area contributed by atoms with Crippen molar-refractivity contribution < 1.29 is 14.3 Å². The number of carbonyl (C=O) groups excluding carboxylic acids is 1. The number of ether oxygens (including phenoxy) is 2. The highest BCUT2D eigenvalue weighted by Crippen LogP contribution is 2.31. The average Bonchev–Trinajstić information content (AvgIpc) is 2.45. The van der Waals surface area contributed by atoms with E-state index in [1.165, 1.54) is 19.3 Å². The highest BCUT2D eigenvalue weighted by Gasteiger charge is 2.29. The fourth-order valence-corrected chi connectivity index (χ4v) is 3.03. The molecule has 0 bridgehead atoms. The predicted octanol–water partition coefficient (Wildman–Crippen LogP) is 3.29. The van der Waals surface area contributed by atoms with Crippen LogP contribution in [0.2, 0.25) is 0 Å². The van der Waals surface area contributed by atoms with Gasteiger partial charge in [0.2, 0.25) is 0 Å². The van der Waals surface area contributed by atoms with E-state index < -0.39 is 6.10 Å². The zero-order valence-corrected chi connectivity index (χ0v) is 12.7. The SMILES string of the molecule is COc1ccccc1OC(C(N)=O)C1CCCCCCC1. The van der Waals surface area contributed by atoms with Gasteiger partial charge in [-0.05, 0) is 25.0 Å². The molecule has 1 amide bonds. The number of primary amides is 1. The molecule has 1 unspecified atom stereocenters. The maximum absolute atomic E-state index is 11.9. The first-order valence-electron chi connectivity index (χ1n) is 7.81. The Morgan fingerprint density at radius 3 is 2.24 bits per heavy atom. The topological polar surface area (TPSA) is 61.6 Å². The lowest BCUT2D eigenvalue weighted by Gasteiger charge is -2.27. The summed E-state index contributed by atoms with van der Waals surface area (Å²) in [6.07, 6.45) is 7.48. The fraction of sp³-hybridized carbons (Fsp3) is 0.588. The molecular weight excluding hydrogens is 266 g/mol. The maximum atomic E-state index is 11.9. The van der Waals surface area contributed by atoms with Gasteiger partial charge >= 0.3 is 0 Å². The second-order valence-corrected chi connectivity index (χ2v) is 5.70. The summed E-state index contributed by atoms with van der Waals surface area (Å²) in [4.78, 5) is 11.9. The summed E-state index contributed by atoms with van der Waals surface area (Å²) in [5.41, 5.74) is 5.59. The van der Waals surface area contributed by atoms with Crippen LogP contribution in [0, 0.1) is 5.92 Å². The molecule has 0 saturated heterocycles. The molecule has 116 valence electrons. The van der Waals surface area contributed by atoms with Gasteiger partial charge in [0.15, 0.2) is 17.6 Å². The van der Waals surface area contributed by atoms with Crippen molar-refractivity contribution in [3.8, 4) is 11.5 Å². The number of methoxy groups -OCH3 is 1. The van der Waals surface area contributed by atoms with Crippen LogP contribution in [0.5, 0.6) is 11.5 Å². The first-order valence-corrected chi connectivity index (χ1v) is 7.81. The van der Waals surface area contributed by atoms with E-state index in [9.17, 15) is 4.79 Å². The molecule has 1 aromatic rings. The van der Waals surface area contributed by atoms with Gasteiger partial charge in [-0.25, -0.2) is 0 Å². The van der Waals surface area contributed by atoms with Gasteiger partial charge in [0.25, 0.3) is 5.91 Å². The molecule has 1 aromatic carbocycles. The van der Waals surface area contributed by atoms with Crippen molar-refractivity contribution >= 4 is 5.91 Å². The largest absolute Gasteiger partial charge is 0.493 e. The standard InChI is InChI=1S/C17H25NO3/c1-20-14-11-7-8-12-15(14)21-16(17(18)19)13-9-5-3-2-4-6-10-13/h7-8,11-13,16H,2-6,9-10H2,1H3,(H2,18,19). The smallest absolute Gasteiger partial charge is 0.258 e. The molecule has 4 nitrogen and oxygen atoms in total. The Morgan fingerprint density at radius 2 is 1.67 bits per heavy atom. The van der Waals surface area contributed by atoms with Crippen LogP contribution in [0.25, 0.3) is 0 Å². The Morgan fingerprint density at radius 1 is 1.10 bits per heavy atom. The number of para-hydroxylation sites is 2. The molecule has 4 heteroatoms. The molecule has 2 rings (SSSR count). The lowest BCUT2D eigenvalue weighted by Crippen LogP contribution is -2.40. The van der Waals surface area contributed by atoms with Crippen LogP contribution >= 0.6 is 0 Å². The Bertz CT molecular complexity index is 453. The van der Waals surface area contributed by atoms with E-state index in [4.69, 9.17) is 15.2 Å². The maximum Gasteiger partial charge on any atom is 0.258 e. The van der Waals surface area contributed by atoms with Crippen molar-refractivity contribution in [3.05, 3.63) is 24.3 Å². The molecule has 21 heavy (non-hydrogen) atoms. The summed E-state index contributed by atoms with van der Waals surface area (Å²) in [7, 11) is 1.59. The number of hydrogen-bond acceptors (Lipinski definition) is 3. The van der Waals surface area contributed by atoms with E-state index in [0.717, 1.165) is 25.7 Å². The predicted molar refractivity (Wildman–Crippen MR) is 82.4 cm³/mol. The van der Waals surface area contributed by atoms with Crippen LogP contribution in [-0.4, -0.2) is 19.1 Å². The Hall–Kier alpha value is -1.71. The normalized spacial score (nSPS) is 18.3. The summed E-state index contributed by atoms with van der Waals surface area (Å²) in [5, 5.41) is 0. The number of rotatable bonds is 5. The van der Waals surface area contributed by atoms with E-state index in [-0.39, 0.29) is 11.8 Å². The average molecular weight is 291 g/mol. The van der Waals surface area contributed by atoms with Gasteiger partial charge in [0.05, 0.1) is 7.11 Å². The molecule has 1 saturated carbocycles. The van der Waals surface area contributed by atoms with Gasteiger partial charge in [0, 0.05) is 5.92 Å². The van der Waals surface area contributed by atoms with E-state index in [2.05, 4.69) is 0 Å². The number of amides is 1. The second-order valence-electron chi connectivity index (χ2n) is 5.70. The summed E-state index contributed by atoms with van der Waals surface area (Å²) in [6, 6.07) is 7.39. The van der Waals surface area contributed by atoms with Crippen molar-refractivity contribution in [1.29, 1.82) is 0 Å². The van der Waals surface area contributed by atoms with Crippen molar-refractivity contribution in [2.24, 2.45) is 11.7 Å². The van der Waals surface area contributed by atoms with Crippen LogP contribution in [0.3, 0.4) is 0 Å². The third-order valence-electron chi connectivity index (χ3n) is 4.18. The zero-order chi connectivity index (χ0) is 15.1. The minimum atomic E-state index is -0.570. The number of carbonyl (C=O) groups is 1. The summed E-state index contributed by atoms with van der Waals surface area (Å²) in [5.74, 6) is 1.04. The summed E-state index contributed by atoms with van der Waals surface area (Å²) < 4.78 is 11.2. The number of hydrogen-bond donors (Lipinski definition) is 1. The molecule has 1 aliphatic carbocycles. The van der Waals surface area contributed by atoms with Crippen LogP contribution in [0.15, 0.2) is 24.3 Å². The Kier molecular flexibility index (Phi) is 5.90. The monoisotopic (exact) mass is 291 g/mol. The minimum Gasteiger partial charge on any atom is -0.493 e. The molecule has 0 aromatic heterocycles. The number of nitrogens with two attached hydrogens (primary N) is 1. The highest BCUT2D eigenvalue weighted by molar-refractivity contribution is 5.79. The van der Waals surface area contributed by atoms with Crippen LogP contribution in [-0.2, 0) is 4.79 Å². The van der Waals surface area contributed by atoms with E-state index >= 15 is 0 Å².